The predicted molar refractivity (Wildman–Crippen MR) is 129 cm³/mol. The standard InChI is InChI=1S/C26H29N5O3/c1-4-26(33)12-10-19(11-13-26)30-16-18-14-21(24(29(2)3)15-20(18)28-30)27-25(32)23-7-5-6-22(31(23)34)17-8-9-17/h1,5-7,14-17,19,33H,8-13H2,2-3H3,(H-,27,32,34)/p+1/t19-,26-. The zero-order valence-corrected chi connectivity index (χ0v) is 19.5. The van der Waals surface area contributed by atoms with Gasteiger partial charge in [-0.15, -0.1) is 6.42 Å². The Bertz CT molecular complexity index is 1290. The highest BCUT2D eigenvalue weighted by Crippen LogP contribution is 2.38. The molecule has 2 fully saturated rings. The van der Waals surface area contributed by atoms with E-state index in [-0.39, 0.29) is 17.6 Å². The van der Waals surface area contributed by atoms with Gasteiger partial charge < -0.3 is 15.3 Å². The van der Waals surface area contributed by atoms with Gasteiger partial charge in [0.1, 0.15) is 5.60 Å². The highest BCUT2D eigenvalue weighted by molar-refractivity contribution is 6.05. The van der Waals surface area contributed by atoms with E-state index in [0.29, 0.717) is 24.4 Å². The van der Waals surface area contributed by atoms with Crippen LogP contribution in [0.15, 0.2) is 36.5 Å². The highest BCUT2D eigenvalue weighted by Gasteiger charge is 2.36. The Morgan fingerprint density at radius 3 is 2.65 bits per heavy atom. The third kappa shape index (κ3) is 4.08. The van der Waals surface area contributed by atoms with Crippen LogP contribution in [0, 0.1) is 12.3 Å². The molecule has 34 heavy (non-hydrogen) atoms. The van der Waals surface area contributed by atoms with Crippen LogP contribution in [0.1, 0.15) is 66.7 Å². The maximum absolute atomic E-state index is 13.1. The number of benzene rings is 1. The molecule has 176 valence electrons. The molecule has 1 aromatic carbocycles. The second kappa shape index (κ2) is 8.33. The van der Waals surface area contributed by atoms with Crippen LogP contribution in [0.5, 0.6) is 0 Å². The van der Waals surface area contributed by atoms with Crippen molar-refractivity contribution in [3.8, 4) is 12.3 Å². The Balaban J connectivity index is 1.43. The molecule has 0 saturated heterocycles. The number of terminal acetylenes is 1. The minimum atomic E-state index is -1.01. The summed E-state index contributed by atoms with van der Waals surface area (Å²) in [5.74, 6) is 2.45. The molecule has 0 radical (unpaired) electrons. The molecule has 2 saturated carbocycles. The van der Waals surface area contributed by atoms with E-state index in [1.807, 2.05) is 48.1 Å². The summed E-state index contributed by atoms with van der Waals surface area (Å²) in [6.07, 6.45) is 12.1. The van der Waals surface area contributed by atoms with Crippen LogP contribution in [0.4, 0.5) is 11.4 Å². The molecule has 3 N–H and O–H groups in total. The third-order valence-corrected chi connectivity index (χ3v) is 7.02. The summed E-state index contributed by atoms with van der Waals surface area (Å²) in [6.45, 7) is 0. The first kappa shape index (κ1) is 22.2. The van der Waals surface area contributed by atoms with E-state index in [9.17, 15) is 15.1 Å². The number of hydrogen-bond acceptors (Lipinski definition) is 5. The fraction of sp³-hybridized carbons (Fsp3) is 0.423. The highest BCUT2D eigenvalue weighted by atomic mass is 16.5. The monoisotopic (exact) mass is 460 g/mol. The number of aliphatic hydroxyl groups is 1. The Morgan fingerprint density at radius 1 is 1.26 bits per heavy atom. The molecule has 2 aliphatic carbocycles. The third-order valence-electron chi connectivity index (χ3n) is 7.02. The Kier molecular flexibility index (Phi) is 5.45. The van der Waals surface area contributed by atoms with E-state index < -0.39 is 5.60 Å². The molecule has 2 aromatic heterocycles. The average molecular weight is 461 g/mol. The zero-order valence-electron chi connectivity index (χ0n) is 19.5. The number of nitrogens with one attached hydrogen (secondary N) is 1. The summed E-state index contributed by atoms with van der Waals surface area (Å²) < 4.78 is 2.96. The van der Waals surface area contributed by atoms with Gasteiger partial charge in [0.05, 0.1) is 22.9 Å². The maximum Gasteiger partial charge on any atom is 0.325 e. The molecule has 3 aromatic rings. The number of nitrogens with zero attached hydrogens (tertiary/aromatic N) is 4. The quantitative estimate of drug-likeness (QED) is 0.309. The van der Waals surface area contributed by atoms with Crippen molar-refractivity contribution in [1.29, 1.82) is 0 Å². The molecule has 0 aliphatic heterocycles. The second-order valence-electron chi connectivity index (χ2n) is 9.71. The second-order valence-corrected chi connectivity index (χ2v) is 9.71. The van der Waals surface area contributed by atoms with Crippen molar-refractivity contribution >= 4 is 28.2 Å². The van der Waals surface area contributed by atoms with Crippen LogP contribution in [-0.4, -0.2) is 45.7 Å². The molecule has 0 bridgehead atoms. The number of carbonyl (C=O) groups is 1. The van der Waals surface area contributed by atoms with Gasteiger partial charge in [-0.2, -0.15) is 5.10 Å². The molecular formula is C26H30N5O3+. The van der Waals surface area contributed by atoms with Gasteiger partial charge in [-0.3, -0.25) is 14.7 Å². The van der Waals surface area contributed by atoms with Crippen molar-refractivity contribution in [3.63, 3.8) is 0 Å². The van der Waals surface area contributed by atoms with Gasteiger partial charge in [0.15, 0.2) is 0 Å². The van der Waals surface area contributed by atoms with Gasteiger partial charge in [0.2, 0.25) is 5.69 Å². The predicted octanol–water partition coefficient (Wildman–Crippen LogP) is 3.24. The number of fused-ring (bicyclic) bond motifs is 1. The number of anilines is 2. The smallest absolute Gasteiger partial charge is 0.325 e. The fourth-order valence-electron chi connectivity index (χ4n) is 4.79. The fourth-order valence-corrected chi connectivity index (χ4v) is 4.79. The van der Waals surface area contributed by atoms with Crippen LogP contribution < -0.4 is 14.9 Å². The van der Waals surface area contributed by atoms with Gasteiger partial charge in [-0.25, -0.2) is 0 Å². The number of aromatic nitrogens is 3. The van der Waals surface area contributed by atoms with E-state index in [0.717, 1.165) is 52.7 Å². The van der Waals surface area contributed by atoms with Gasteiger partial charge >= 0.3 is 11.6 Å². The van der Waals surface area contributed by atoms with Gasteiger partial charge in [0, 0.05) is 48.5 Å². The molecule has 5 rings (SSSR count). The number of hydrogen-bond donors (Lipinski definition) is 3. The van der Waals surface area contributed by atoms with Crippen LogP contribution in [0.25, 0.3) is 10.9 Å². The molecule has 1 amide bonds. The summed E-state index contributed by atoms with van der Waals surface area (Å²) in [4.78, 5) is 15.0. The minimum Gasteiger partial charge on any atom is -0.378 e. The number of pyridine rings is 1. The molecule has 0 spiro atoms. The van der Waals surface area contributed by atoms with Crippen molar-refractivity contribution in [2.45, 2.75) is 56.1 Å². The largest absolute Gasteiger partial charge is 0.378 e. The number of rotatable bonds is 5. The molecule has 2 aliphatic rings. The number of amides is 1. The first-order chi connectivity index (χ1) is 16.3. The lowest BCUT2D eigenvalue weighted by molar-refractivity contribution is -0.910. The minimum absolute atomic E-state index is 0.167. The van der Waals surface area contributed by atoms with Crippen molar-refractivity contribution in [1.82, 2.24) is 9.78 Å². The Morgan fingerprint density at radius 2 is 2.00 bits per heavy atom. The molecule has 0 unspecified atom stereocenters. The van der Waals surface area contributed by atoms with Crippen molar-refractivity contribution < 1.29 is 19.8 Å². The molecule has 2 heterocycles. The van der Waals surface area contributed by atoms with Crippen molar-refractivity contribution in [2.24, 2.45) is 0 Å². The first-order valence-corrected chi connectivity index (χ1v) is 11.7. The van der Waals surface area contributed by atoms with Crippen molar-refractivity contribution in [2.75, 3.05) is 24.3 Å². The van der Waals surface area contributed by atoms with E-state index in [2.05, 4.69) is 11.2 Å². The van der Waals surface area contributed by atoms with E-state index in [1.165, 1.54) is 0 Å². The van der Waals surface area contributed by atoms with E-state index in [1.54, 1.807) is 12.1 Å². The lowest BCUT2D eigenvalue weighted by atomic mass is 9.83. The molecular weight excluding hydrogens is 430 g/mol. The lowest BCUT2D eigenvalue weighted by Crippen LogP contribution is -2.43. The van der Waals surface area contributed by atoms with Gasteiger partial charge in [-0.05, 0) is 56.7 Å². The maximum atomic E-state index is 13.1. The first-order valence-electron chi connectivity index (χ1n) is 11.7. The summed E-state index contributed by atoms with van der Waals surface area (Å²) in [5, 5.41) is 29.6. The summed E-state index contributed by atoms with van der Waals surface area (Å²) >= 11 is 0. The van der Waals surface area contributed by atoms with Crippen LogP contribution >= 0.6 is 0 Å². The van der Waals surface area contributed by atoms with Crippen LogP contribution in [0.2, 0.25) is 0 Å². The SMILES string of the molecule is C#C[C@]1(O)CC[C@H](n2cc3cc(NC(=O)c4cccc(C5CC5)[n+]4O)c(N(C)C)cc3n2)CC1. The zero-order chi connectivity index (χ0) is 24.0. The molecule has 0 atom stereocenters. The van der Waals surface area contributed by atoms with Crippen LogP contribution in [-0.2, 0) is 0 Å². The Labute approximate surface area is 198 Å². The normalized spacial score (nSPS) is 22.4. The van der Waals surface area contributed by atoms with Crippen molar-refractivity contribution in [3.05, 3.63) is 47.9 Å². The van der Waals surface area contributed by atoms with Gasteiger partial charge in [-0.1, -0.05) is 5.92 Å². The molecule has 8 nitrogen and oxygen atoms in total. The average Bonchev–Trinajstić information content (AvgIpc) is 3.58. The topological polar surface area (TPSA) is 94.5 Å². The molecule has 8 heteroatoms. The summed E-state index contributed by atoms with van der Waals surface area (Å²) in [6, 6.07) is 9.32. The van der Waals surface area contributed by atoms with Crippen LogP contribution in [0.3, 0.4) is 0 Å². The number of carbonyl (C=O) groups excluding carboxylic acids is 1. The van der Waals surface area contributed by atoms with E-state index in [4.69, 9.17) is 11.5 Å². The van der Waals surface area contributed by atoms with Gasteiger partial charge in [0.25, 0.3) is 0 Å². The lowest BCUT2D eigenvalue weighted by Gasteiger charge is -2.32. The summed E-state index contributed by atoms with van der Waals surface area (Å²) in [5.41, 5.74) is 2.24. The van der Waals surface area contributed by atoms with E-state index >= 15 is 0 Å². The Hall–Kier alpha value is -3.57. The summed E-state index contributed by atoms with van der Waals surface area (Å²) in [7, 11) is 3.82.